The quantitative estimate of drug-likeness (QED) is 0.864. The molecule has 2 atom stereocenters. The van der Waals surface area contributed by atoms with E-state index in [2.05, 4.69) is 5.32 Å². The summed E-state index contributed by atoms with van der Waals surface area (Å²) in [4.78, 5) is 12.2. The molecule has 5 nitrogen and oxygen atoms in total. The Morgan fingerprint density at radius 2 is 2.25 bits per heavy atom. The zero-order chi connectivity index (χ0) is 15.0. The number of carbonyl (C=O) groups is 1. The minimum atomic E-state index is -0.662. The topological polar surface area (TPSA) is 71.7 Å². The third kappa shape index (κ3) is 2.25. The summed E-state index contributed by atoms with van der Waals surface area (Å²) < 4.78 is 11.0. The standard InChI is InChI=1S/C15H23NO4/c1-5-19-12-8-15(9-17,14(12,3)4)16-13(18)11-7-6-10(2)20-11/h6-7,12,17H,5,8-9H2,1-4H3,(H,16,18)/t12-,15+/m1/s1. The van der Waals surface area contributed by atoms with Gasteiger partial charge in [-0.3, -0.25) is 4.79 Å². The second kappa shape index (κ2) is 5.22. The van der Waals surface area contributed by atoms with Gasteiger partial charge in [-0.1, -0.05) is 13.8 Å². The third-order valence-electron chi connectivity index (χ3n) is 4.53. The van der Waals surface area contributed by atoms with Crippen LogP contribution in [0.25, 0.3) is 0 Å². The Kier molecular flexibility index (Phi) is 3.93. The molecule has 0 radical (unpaired) electrons. The highest BCUT2D eigenvalue weighted by molar-refractivity contribution is 5.92. The average Bonchev–Trinajstić information content (AvgIpc) is 2.83. The van der Waals surface area contributed by atoms with Gasteiger partial charge in [0.25, 0.3) is 5.91 Å². The van der Waals surface area contributed by atoms with Crippen LogP contribution in [0.3, 0.4) is 0 Å². The first-order chi connectivity index (χ1) is 9.36. The van der Waals surface area contributed by atoms with E-state index >= 15 is 0 Å². The molecule has 2 rings (SSSR count). The van der Waals surface area contributed by atoms with Crippen molar-refractivity contribution in [2.45, 2.75) is 45.8 Å². The maximum Gasteiger partial charge on any atom is 0.287 e. The molecule has 1 saturated carbocycles. The van der Waals surface area contributed by atoms with E-state index in [1.165, 1.54) is 0 Å². The van der Waals surface area contributed by atoms with Gasteiger partial charge in [0.2, 0.25) is 0 Å². The van der Waals surface area contributed by atoms with Crippen LogP contribution in [0.15, 0.2) is 16.5 Å². The summed E-state index contributed by atoms with van der Waals surface area (Å²) in [5, 5.41) is 12.7. The molecule has 1 aromatic rings. The predicted molar refractivity (Wildman–Crippen MR) is 74.5 cm³/mol. The number of furan rings is 1. The van der Waals surface area contributed by atoms with E-state index in [0.717, 1.165) is 0 Å². The Bertz CT molecular complexity index is 494. The first-order valence-electron chi connectivity index (χ1n) is 6.97. The summed E-state index contributed by atoms with van der Waals surface area (Å²) in [7, 11) is 0. The Morgan fingerprint density at radius 1 is 1.55 bits per heavy atom. The fourth-order valence-corrected chi connectivity index (χ4v) is 2.84. The first kappa shape index (κ1) is 15.1. The van der Waals surface area contributed by atoms with Gasteiger partial charge in [0.1, 0.15) is 5.76 Å². The van der Waals surface area contributed by atoms with E-state index in [1.807, 2.05) is 20.8 Å². The van der Waals surface area contributed by atoms with E-state index in [0.29, 0.717) is 18.8 Å². The van der Waals surface area contributed by atoms with Crippen molar-refractivity contribution in [1.82, 2.24) is 5.32 Å². The molecule has 0 saturated heterocycles. The number of aryl methyl sites for hydroxylation is 1. The van der Waals surface area contributed by atoms with E-state index in [9.17, 15) is 9.90 Å². The van der Waals surface area contributed by atoms with Gasteiger partial charge in [-0.15, -0.1) is 0 Å². The van der Waals surface area contributed by atoms with Crippen molar-refractivity contribution in [3.05, 3.63) is 23.7 Å². The minimum Gasteiger partial charge on any atom is -0.456 e. The molecule has 2 N–H and O–H groups in total. The van der Waals surface area contributed by atoms with Gasteiger partial charge in [0, 0.05) is 18.4 Å². The van der Waals surface area contributed by atoms with Crippen LogP contribution in [0, 0.1) is 12.3 Å². The highest BCUT2D eigenvalue weighted by atomic mass is 16.5. The van der Waals surface area contributed by atoms with Crippen molar-refractivity contribution in [2.24, 2.45) is 5.41 Å². The molecule has 1 fully saturated rings. The third-order valence-corrected chi connectivity index (χ3v) is 4.53. The summed E-state index contributed by atoms with van der Waals surface area (Å²) in [5.74, 6) is 0.661. The monoisotopic (exact) mass is 281 g/mol. The summed E-state index contributed by atoms with van der Waals surface area (Å²) in [6, 6.07) is 3.39. The van der Waals surface area contributed by atoms with Crippen molar-refractivity contribution in [3.63, 3.8) is 0 Å². The molecule has 0 unspecified atom stereocenters. The number of carbonyl (C=O) groups excluding carboxylic acids is 1. The van der Waals surface area contributed by atoms with Crippen LogP contribution in [0.5, 0.6) is 0 Å². The highest BCUT2D eigenvalue weighted by Gasteiger charge is 2.61. The fourth-order valence-electron chi connectivity index (χ4n) is 2.84. The molecule has 112 valence electrons. The van der Waals surface area contributed by atoms with Gasteiger partial charge in [-0.2, -0.15) is 0 Å². The van der Waals surface area contributed by atoms with Gasteiger partial charge in [-0.25, -0.2) is 0 Å². The molecule has 1 aliphatic carbocycles. The first-order valence-corrected chi connectivity index (χ1v) is 6.97. The SMILES string of the molecule is CCO[C@@H]1C[C@@](CO)(NC(=O)c2ccc(C)o2)C1(C)C. The average molecular weight is 281 g/mol. The minimum absolute atomic E-state index is 0.0401. The Morgan fingerprint density at radius 3 is 2.70 bits per heavy atom. The van der Waals surface area contributed by atoms with E-state index in [1.54, 1.807) is 19.1 Å². The van der Waals surface area contributed by atoms with Gasteiger partial charge in [-0.05, 0) is 26.0 Å². The molecule has 0 bridgehead atoms. The molecular weight excluding hydrogens is 258 g/mol. The normalized spacial score (nSPS) is 27.9. The number of hydrogen-bond acceptors (Lipinski definition) is 4. The summed E-state index contributed by atoms with van der Waals surface area (Å²) in [6.07, 6.45) is 0.647. The number of aliphatic hydroxyl groups excluding tert-OH is 1. The van der Waals surface area contributed by atoms with Crippen LogP contribution < -0.4 is 5.32 Å². The van der Waals surface area contributed by atoms with Crippen LogP contribution in [-0.4, -0.2) is 35.9 Å². The second-order valence-electron chi connectivity index (χ2n) is 5.97. The number of aliphatic hydroxyl groups is 1. The lowest BCUT2D eigenvalue weighted by molar-refractivity contribution is -0.172. The van der Waals surface area contributed by atoms with Crippen molar-refractivity contribution in [3.8, 4) is 0 Å². The maximum absolute atomic E-state index is 12.2. The van der Waals surface area contributed by atoms with Crippen LogP contribution >= 0.6 is 0 Å². The van der Waals surface area contributed by atoms with Crippen LogP contribution in [0.2, 0.25) is 0 Å². The van der Waals surface area contributed by atoms with Gasteiger partial charge in [0.05, 0.1) is 18.2 Å². The maximum atomic E-state index is 12.2. The van der Waals surface area contributed by atoms with Crippen molar-refractivity contribution in [1.29, 1.82) is 0 Å². The van der Waals surface area contributed by atoms with Crippen LogP contribution in [-0.2, 0) is 4.74 Å². The van der Waals surface area contributed by atoms with Crippen molar-refractivity contribution >= 4 is 5.91 Å². The van der Waals surface area contributed by atoms with Gasteiger partial charge < -0.3 is 19.6 Å². The van der Waals surface area contributed by atoms with Crippen LogP contribution in [0.4, 0.5) is 0 Å². The predicted octanol–water partition coefficient (Wildman–Crippen LogP) is 1.88. The van der Waals surface area contributed by atoms with E-state index in [4.69, 9.17) is 9.15 Å². The Hall–Kier alpha value is -1.33. The molecule has 20 heavy (non-hydrogen) atoms. The van der Waals surface area contributed by atoms with E-state index in [-0.39, 0.29) is 29.8 Å². The van der Waals surface area contributed by atoms with Crippen molar-refractivity contribution < 1.29 is 19.1 Å². The number of ether oxygens (including phenoxy) is 1. The molecule has 1 aromatic heterocycles. The number of rotatable bonds is 5. The Balaban J connectivity index is 2.12. The smallest absolute Gasteiger partial charge is 0.287 e. The lowest BCUT2D eigenvalue weighted by Crippen LogP contribution is -2.74. The lowest BCUT2D eigenvalue weighted by Gasteiger charge is -2.60. The van der Waals surface area contributed by atoms with E-state index < -0.39 is 5.54 Å². The molecule has 0 aliphatic heterocycles. The molecule has 0 spiro atoms. The molecular formula is C15H23NO4. The molecule has 1 amide bonds. The van der Waals surface area contributed by atoms with Gasteiger partial charge >= 0.3 is 0 Å². The second-order valence-corrected chi connectivity index (χ2v) is 5.97. The lowest BCUT2D eigenvalue weighted by atomic mass is 9.54. The Labute approximate surface area is 119 Å². The molecule has 5 heteroatoms. The highest BCUT2D eigenvalue weighted by Crippen LogP contribution is 2.51. The molecule has 0 aromatic carbocycles. The zero-order valence-corrected chi connectivity index (χ0v) is 12.5. The summed E-state index contributed by atoms with van der Waals surface area (Å²) in [5.41, 5.74) is -0.986. The molecule has 1 aliphatic rings. The van der Waals surface area contributed by atoms with Crippen LogP contribution in [0.1, 0.15) is 43.5 Å². The fraction of sp³-hybridized carbons (Fsp3) is 0.667. The largest absolute Gasteiger partial charge is 0.456 e. The number of amides is 1. The summed E-state index contributed by atoms with van der Waals surface area (Å²) >= 11 is 0. The van der Waals surface area contributed by atoms with Gasteiger partial charge in [0.15, 0.2) is 5.76 Å². The van der Waals surface area contributed by atoms with Crippen molar-refractivity contribution in [2.75, 3.05) is 13.2 Å². The number of nitrogens with one attached hydrogen (secondary N) is 1. The zero-order valence-electron chi connectivity index (χ0n) is 12.5. The number of hydrogen-bond donors (Lipinski definition) is 2. The molecule has 1 heterocycles. The summed E-state index contributed by atoms with van der Waals surface area (Å²) in [6.45, 7) is 8.24.